The molecule has 0 aliphatic heterocycles. The van der Waals surface area contributed by atoms with Crippen molar-refractivity contribution in [2.24, 2.45) is 0 Å². The summed E-state index contributed by atoms with van der Waals surface area (Å²) in [6.45, 7) is -0.351. The molecule has 1 aliphatic rings. The number of benzene rings is 1. The minimum absolute atomic E-state index is 0.206. The molecule has 0 atom stereocenters. The van der Waals surface area contributed by atoms with Gasteiger partial charge in [0.2, 0.25) is 10.0 Å². The Morgan fingerprint density at radius 3 is 2.63 bits per heavy atom. The average molecular weight is 283 g/mol. The van der Waals surface area contributed by atoms with Crippen LogP contribution in [0.1, 0.15) is 24.0 Å². The van der Waals surface area contributed by atoms with Gasteiger partial charge in [0.05, 0.1) is 12.0 Å². The van der Waals surface area contributed by atoms with E-state index < -0.39 is 16.0 Å². The van der Waals surface area contributed by atoms with Crippen molar-refractivity contribution in [3.8, 4) is 0 Å². The lowest BCUT2D eigenvalue weighted by atomic mass is 9.92. The molecule has 0 spiro atoms. The summed E-state index contributed by atoms with van der Waals surface area (Å²) in [5.74, 6) is -0.610. The Balaban J connectivity index is 2.18. The maximum Gasteiger partial charge on any atom is 0.320 e. The van der Waals surface area contributed by atoms with E-state index in [1.54, 1.807) is 12.1 Å². The molecule has 0 saturated heterocycles. The summed E-state index contributed by atoms with van der Waals surface area (Å²) >= 11 is 0. The van der Waals surface area contributed by atoms with Gasteiger partial charge in [-0.2, -0.15) is 4.72 Å². The molecule has 1 aromatic carbocycles. The third-order valence-corrected chi connectivity index (χ3v) is 4.66. The number of aryl methyl sites for hydroxylation is 2. The second-order valence-electron chi connectivity index (χ2n) is 4.54. The Hall–Kier alpha value is -1.40. The van der Waals surface area contributed by atoms with Gasteiger partial charge in [-0.3, -0.25) is 4.79 Å². The molecule has 0 aromatic heterocycles. The number of hydrogen-bond donors (Lipinski definition) is 1. The molecule has 19 heavy (non-hydrogen) atoms. The number of hydrogen-bond acceptors (Lipinski definition) is 4. The molecule has 0 amide bonds. The topological polar surface area (TPSA) is 72.5 Å². The average Bonchev–Trinajstić information content (AvgIpc) is 2.44. The first kappa shape index (κ1) is 14.0. The predicted molar refractivity (Wildman–Crippen MR) is 70.3 cm³/mol. The lowest BCUT2D eigenvalue weighted by Gasteiger charge is -2.16. The van der Waals surface area contributed by atoms with Crippen LogP contribution in [0.15, 0.2) is 23.1 Å². The van der Waals surface area contributed by atoms with Gasteiger partial charge in [-0.25, -0.2) is 8.42 Å². The highest BCUT2D eigenvalue weighted by Crippen LogP contribution is 2.23. The van der Waals surface area contributed by atoms with Crippen LogP contribution < -0.4 is 4.72 Å². The first-order valence-corrected chi connectivity index (χ1v) is 7.69. The van der Waals surface area contributed by atoms with Crippen LogP contribution in [0, 0.1) is 0 Å². The summed E-state index contributed by atoms with van der Waals surface area (Å²) in [6.07, 6.45) is 4.16. The van der Waals surface area contributed by atoms with Crippen molar-refractivity contribution in [3.05, 3.63) is 29.3 Å². The summed E-state index contributed by atoms with van der Waals surface area (Å²) in [5.41, 5.74) is 2.31. The second-order valence-corrected chi connectivity index (χ2v) is 6.31. The number of ether oxygens (including phenoxy) is 1. The van der Waals surface area contributed by atoms with Crippen LogP contribution in [0.3, 0.4) is 0 Å². The number of esters is 1. The lowest BCUT2D eigenvalue weighted by Crippen LogP contribution is -2.30. The smallest absolute Gasteiger partial charge is 0.320 e. The number of nitrogens with one attached hydrogen (secondary N) is 1. The number of carbonyl (C=O) groups excluding carboxylic acids is 1. The first-order valence-electron chi connectivity index (χ1n) is 6.21. The van der Waals surface area contributed by atoms with Crippen LogP contribution >= 0.6 is 0 Å². The van der Waals surface area contributed by atoms with E-state index in [0.717, 1.165) is 31.2 Å². The van der Waals surface area contributed by atoms with Gasteiger partial charge in [0.25, 0.3) is 0 Å². The maximum absolute atomic E-state index is 12.0. The molecule has 0 unspecified atom stereocenters. The number of sulfonamides is 1. The molecular weight excluding hydrogens is 266 g/mol. The van der Waals surface area contributed by atoms with Crippen molar-refractivity contribution < 1.29 is 17.9 Å². The van der Waals surface area contributed by atoms with E-state index in [9.17, 15) is 13.2 Å². The highest BCUT2D eigenvalue weighted by Gasteiger charge is 2.18. The van der Waals surface area contributed by atoms with Gasteiger partial charge in [0, 0.05) is 0 Å². The molecule has 6 heteroatoms. The fraction of sp³-hybridized carbons (Fsp3) is 0.462. The third-order valence-electron chi connectivity index (χ3n) is 3.26. The van der Waals surface area contributed by atoms with E-state index in [1.807, 2.05) is 6.07 Å². The van der Waals surface area contributed by atoms with Crippen LogP contribution in [0.5, 0.6) is 0 Å². The summed E-state index contributed by atoms with van der Waals surface area (Å²) in [4.78, 5) is 11.2. The van der Waals surface area contributed by atoms with Crippen LogP contribution in [-0.4, -0.2) is 28.0 Å². The Labute approximate surface area is 113 Å². The first-order chi connectivity index (χ1) is 9.03. The Bertz CT molecular complexity index is 580. The Morgan fingerprint density at radius 1 is 1.26 bits per heavy atom. The van der Waals surface area contributed by atoms with Crippen molar-refractivity contribution in [1.29, 1.82) is 0 Å². The van der Waals surface area contributed by atoms with Gasteiger partial charge in [0.15, 0.2) is 0 Å². The molecule has 104 valence electrons. The molecule has 2 rings (SSSR count). The molecule has 5 nitrogen and oxygen atoms in total. The third kappa shape index (κ3) is 3.33. The van der Waals surface area contributed by atoms with Gasteiger partial charge < -0.3 is 4.74 Å². The van der Waals surface area contributed by atoms with Crippen LogP contribution in [-0.2, 0) is 32.4 Å². The zero-order valence-corrected chi connectivity index (χ0v) is 11.6. The van der Waals surface area contributed by atoms with Crippen molar-refractivity contribution >= 4 is 16.0 Å². The van der Waals surface area contributed by atoms with Gasteiger partial charge in [-0.15, -0.1) is 0 Å². The molecule has 1 aliphatic carbocycles. The molecule has 0 radical (unpaired) electrons. The minimum atomic E-state index is -3.65. The van der Waals surface area contributed by atoms with Gasteiger partial charge >= 0.3 is 5.97 Å². The number of carbonyl (C=O) groups is 1. The van der Waals surface area contributed by atoms with Gasteiger partial charge in [-0.05, 0) is 48.9 Å². The van der Waals surface area contributed by atoms with E-state index in [4.69, 9.17) is 0 Å². The second kappa shape index (κ2) is 5.71. The Kier molecular flexibility index (Phi) is 4.21. The monoisotopic (exact) mass is 283 g/mol. The quantitative estimate of drug-likeness (QED) is 0.837. The fourth-order valence-corrected chi connectivity index (χ4v) is 3.21. The van der Waals surface area contributed by atoms with E-state index in [-0.39, 0.29) is 11.4 Å². The zero-order valence-electron chi connectivity index (χ0n) is 10.8. The van der Waals surface area contributed by atoms with Gasteiger partial charge in [-0.1, -0.05) is 6.07 Å². The highest BCUT2D eigenvalue weighted by atomic mass is 32.2. The molecular formula is C13H17NO4S. The number of methoxy groups -OCH3 is 1. The van der Waals surface area contributed by atoms with E-state index in [1.165, 1.54) is 12.7 Å². The van der Waals surface area contributed by atoms with Crippen LogP contribution in [0.25, 0.3) is 0 Å². The highest BCUT2D eigenvalue weighted by molar-refractivity contribution is 7.89. The molecule has 1 N–H and O–H groups in total. The summed E-state index contributed by atoms with van der Waals surface area (Å²) in [7, 11) is -2.43. The van der Waals surface area contributed by atoms with E-state index in [0.29, 0.717) is 0 Å². The largest absolute Gasteiger partial charge is 0.468 e. The SMILES string of the molecule is COC(=O)CNS(=O)(=O)c1ccc2c(c1)CCCC2. The standard InChI is InChI=1S/C13H17NO4S/c1-18-13(15)9-14-19(16,17)12-7-6-10-4-2-3-5-11(10)8-12/h6-8,14H,2-5,9H2,1H3. The Morgan fingerprint density at radius 2 is 1.95 bits per heavy atom. The van der Waals surface area contributed by atoms with Crippen LogP contribution in [0.2, 0.25) is 0 Å². The fourth-order valence-electron chi connectivity index (χ4n) is 2.19. The van der Waals surface area contributed by atoms with Gasteiger partial charge in [0.1, 0.15) is 6.54 Å². The lowest BCUT2D eigenvalue weighted by molar-refractivity contribution is -0.139. The van der Waals surface area contributed by atoms with Crippen molar-refractivity contribution in [3.63, 3.8) is 0 Å². The molecule has 0 heterocycles. The van der Waals surface area contributed by atoms with Crippen molar-refractivity contribution in [2.75, 3.05) is 13.7 Å². The minimum Gasteiger partial charge on any atom is -0.468 e. The molecule has 0 saturated carbocycles. The summed E-state index contributed by atoms with van der Waals surface area (Å²) < 4.78 is 30.7. The maximum atomic E-state index is 12.0. The summed E-state index contributed by atoms with van der Waals surface area (Å²) in [6, 6.07) is 5.15. The van der Waals surface area contributed by atoms with Crippen LogP contribution in [0.4, 0.5) is 0 Å². The summed E-state index contributed by atoms with van der Waals surface area (Å²) in [5, 5.41) is 0. The number of rotatable bonds is 4. The molecule has 1 aromatic rings. The van der Waals surface area contributed by atoms with Crippen molar-refractivity contribution in [2.45, 2.75) is 30.6 Å². The normalized spacial score (nSPS) is 14.8. The van der Waals surface area contributed by atoms with Crippen molar-refractivity contribution in [1.82, 2.24) is 4.72 Å². The number of fused-ring (bicyclic) bond motifs is 1. The van der Waals surface area contributed by atoms with E-state index >= 15 is 0 Å². The molecule has 0 bridgehead atoms. The zero-order chi connectivity index (χ0) is 13.9. The molecule has 0 fully saturated rings. The van der Waals surface area contributed by atoms with E-state index in [2.05, 4.69) is 9.46 Å². The predicted octanol–water partition coefficient (Wildman–Crippen LogP) is 1.02.